The first-order valence-corrected chi connectivity index (χ1v) is 11.4. The zero-order chi connectivity index (χ0) is 20.9. The Hall–Kier alpha value is -1.50. The van der Waals surface area contributed by atoms with Gasteiger partial charge in [0.05, 0.1) is 6.61 Å². The van der Waals surface area contributed by atoms with Crippen molar-refractivity contribution in [3.8, 4) is 11.8 Å². The number of hydrogen-bond acceptors (Lipinski definition) is 4. The summed E-state index contributed by atoms with van der Waals surface area (Å²) in [6, 6.07) is 0. The minimum absolute atomic E-state index is 0.148. The third kappa shape index (κ3) is 17.9. The van der Waals surface area contributed by atoms with Gasteiger partial charge in [0.2, 0.25) is 0 Å². The van der Waals surface area contributed by atoms with E-state index in [1.165, 1.54) is 44.9 Å². The fraction of sp³-hybridized carbons (Fsp3) is 0.833. The molecule has 0 heterocycles. The van der Waals surface area contributed by atoms with E-state index in [2.05, 4.69) is 32.6 Å². The van der Waals surface area contributed by atoms with Gasteiger partial charge in [-0.25, -0.2) is 0 Å². The van der Waals surface area contributed by atoms with Crippen LogP contribution in [0.5, 0.6) is 0 Å². The molecule has 4 nitrogen and oxygen atoms in total. The van der Waals surface area contributed by atoms with Gasteiger partial charge in [0.1, 0.15) is 0 Å². The Morgan fingerprint density at radius 3 is 1.89 bits per heavy atom. The van der Waals surface area contributed by atoms with Crippen molar-refractivity contribution >= 4 is 11.9 Å². The molecule has 0 aliphatic carbocycles. The molecule has 0 aliphatic heterocycles. The van der Waals surface area contributed by atoms with Gasteiger partial charge in [-0.05, 0) is 18.8 Å². The molecule has 162 valence electrons. The van der Waals surface area contributed by atoms with Crippen molar-refractivity contribution in [3.63, 3.8) is 0 Å². The van der Waals surface area contributed by atoms with Gasteiger partial charge in [0, 0.05) is 19.3 Å². The van der Waals surface area contributed by atoms with Crippen molar-refractivity contribution in [2.75, 3.05) is 13.2 Å². The van der Waals surface area contributed by atoms with Crippen LogP contribution < -0.4 is 0 Å². The first-order valence-electron chi connectivity index (χ1n) is 11.4. The third-order valence-electron chi connectivity index (χ3n) is 4.98. The van der Waals surface area contributed by atoms with Gasteiger partial charge in [-0.15, -0.1) is 0 Å². The number of unbranched alkanes of at least 4 members (excludes halogenated alkanes) is 8. The van der Waals surface area contributed by atoms with E-state index in [0.717, 1.165) is 25.7 Å². The summed E-state index contributed by atoms with van der Waals surface area (Å²) in [4.78, 5) is 23.3. The van der Waals surface area contributed by atoms with Crippen molar-refractivity contribution in [2.24, 2.45) is 5.92 Å². The zero-order valence-electron chi connectivity index (χ0n) is 18.5. The Morgan fingerprint density at radius 2 is 1.29 bits per heavy atom. The molecular formula is C24H42O4. The van der Waals surface area contributed by atoms with Crippen LogP contribution in [0.2, 0.25) is 0 Å². The normalized spacial score (nSPS) is 10.4. The molecule has 0 aromatic heterocycles. The van der Waals surface area contributed by atoms with Crippen LogP contribution in [0.1, 0.15) is 111 Å². The third-order valence-corrected chi connectivity index (χ3v) is 4.98. The maximum absolute atomic E-state index is 11.6. The first-order chi connectivity index (χ1) is 13.6. The van der Waals surface area contributed by atoms with Crippen LogP contribution in [-0.2, 0) is 19.1 Å². The fourth-order valence-electron chi connectivity index (χ4n) is 2.86. The lowest BCUT2D eigenvalue weighted by atomic mass is 10.1. The monoisotopic (exact) mass is 394 g/mol. The summed E-state index contributed by atoms with van der Waals surface area (Å²) in [5.41, 5.74) is 0. The molecule has 0 bridgehead atoms. The van der Waals surface area contributed by atoms with E-state index < -0.39 is 0 Å². The van der Waals surface area contributed by atoms with E-state index in [1.54, 1.807) is 0 Å². The van der Waals surface area contributed by atoms with E-state index in [0.29, 0.717) is 18.9 Å². The van der Waals surface area contributed by atoms with Crippen molar-refractivity contribution in [2.45, 2.75) is 111 Å². The smallest absolute Gasteiger partial charge is 0.306 e. The quantitative estimate of drug-likeness (QED) is 0.167. The van der Waals surface area contributed by atoms with E-state index in [1.807, 2.05) is 0 Å². The zero-order valence-corrected chi connectivity index (χ0v) is 18.5. The highest BCUT2D eigenvalue weighted by molar-refractivity contribution is 5.72. The molecule has 0 spiro atoms. The largest absolute Gasteiger partial charge is 0.465 e. The lowest BCUT2D eigenvalue weighted by Gasteiger charge is -2.12. The van der Waals surface area contributed by atoms with Crippen LogP contribution >= 0.6 is 0 Å². The van der Waals surface area contributed by atoms with Crippen LogP contribution in [0.3, 0.4) is 0 Å². The van der Waals surface area contributed by atoms with Crippen LogP contribution in [0.15, 0.2) is 0 Å². The Kier molecular flexibility index (Phi) is 19.2. The molecule has 0 saturated heterocycles. The minimum atomic E-state index is -0.297. The molecule has 28 heavy (non-hydrogen) atoms. The molecule has 4 heteroatoms. The summed E-state index contributed by atoms with van der Waals surface area (Å²) in [5.74, 6) is 5.86. The van der Waals surface area contributed by atoms with Crippen molar-refractivity contribution in [3.05, 3.63) is 0 Å². The first kappa shape index (κ1) is 26.5. The fourth-order valence-corrected chi connectivity index (χ4v) is 2.86. The molecule has 0 aliphatic rings. The van der Waals surface area contributed by atoms with Crippen molar-refractivity contribution < 1.29 is 19.1 Å². The lowest BCUT2D eigenvalue weighted by molar-refractivity contribution is -0.146. The summed E-state index contributed by atoms with van der Waals surface area (Å²) in [7, 11) is 0. The summed E-state index contributed by atoms with van der Waals surface area (Å²) in [6.07, 6.45) is 14.2. The lowest BCUT2D eigenvalue weighted by Crippen LogP contribution is -2.13. The average molecular weight is 395 g/mol. The van der Waals surface area contributed by atoms with E-state index in [4.69, 9.17) is 9.47 Å². The van der Waals surface area contributed by atoms with Gasteiger partial charge in [0.15, 0.2) is 6.61 Å². The summed E-state index contributed by atoms with van der Waals surface area (Å²) in [6.45, 7) is 7.05. The van der Waals surface area contributed by atoms with Crippen molar-refractivity contribution in [1.82, 2.24) is 0 Å². The number of rotatable bonds is 17. The van der Waals surface area contributed by atoms with Gasteiger partial charge < -0.3 is 9.47 Å². The Bertz CT molecular complexity index is 443. The number of esters is 2. The molecule has 0 aromatic rings. The number of carbonyl (C=O) groups excluding carboxylic acids is 2. The molecule has 0 N–H and O–H groups in total. The van der Waals surface area contributed by atoms with Crippen LogP contribution in [0, 0.1) is 17.8 Å². The highest BCUT2D eigenvalue weighted by Gasteiger charge is 2.10. The van der Waals surface area contributed by atoms with Crippen LogP contribution in [0.4, 0.5) is 0 Å². The SMILES string of the molecule is CCCCCCCCCCC#CCOC(=O)CCCC(=O)OCC(CC)CC. The molecule has 0 amide bonds. The standard InChI is InChI=1S/C24H42O4/c1-4-7-8-9-10-11-12-13-14-15-16-20-27-23(25)18-17-19-24(26)28-21-22(5-2)6-3/h22H,4-14,17-21H2,1-3H3. The average Bonchev–Trinajstić information content (AvgIpc) is 2.69. The number of carbonyl (C=O) groups is 2. The molecular weight excluding hydrogens is 352 g/mol. The van der Waals surface area contributed by atoms with Gasteiger partial charge in [-0.1, -0.05) is 90.4 Å². The maximum atomic E-state index is 11.6. The molecule has 0 atom stereocenters. The summed E-state index contributed by atoms with van der Waals surface area (Å²) < 4.78 is 10.3. The van der Waals surface area contributed by atoms with Gasteiger partial charge in [-0.2, -0.15) is 0 Å². The Morgan fingerprint density at radius 1 is 0.714 bits per heavy atom. The van der Waals surface area contributed by atoms with E-state index in [-0.39, 0.29) is 31.4 Å². The second kappa shape index (κ2) is 20.2. The highest BCUT2D eigenvalue weighted by atomic mass is 16.5. The van der Waals surface area contributed by atoms with Gasteiger partial charge in [-0.3, -0.25) is 9.59 Å². The summed E-state index contributed by atoms with van der Waals surface area (Å²) >= 11 is 0. The number of hydrogen-bond donors (Lipinski definition) is 0. The number of ether oxygens (including phenoxy) is 2. The molecule has 0 saturated carbocycles. The minimum Gasteiger partial charge on any atom is -0.465 e. The van der Waals surface area contributed by atoms with Crippen molar-refractivity contribution in [1.29, 1.82) is 0 Å². The molecule has 0 rings (SSSR count). The topological polar surface area (TPSA) is 52.6 Å². The molecule has 0 unspecified atom stereocenters. The second-order valence-electron chi connectivity index (χ2n) is 7.46. The molecule has 0 aromatic carbocycles. The predicted molar refractivity (Wildman–Crippen MR) is 115 cm³/mol. The van der Waals surface area contributed by atoms with E-state index in [9.17, 15) is 9.59 Å². The summed E-state index contributed by atoms with van der Waals surface area (Å²) in [5, 5.41) is 0. The maximum Gasteiger partial charge on any atom is 0.306 e. The predicted octanol–water partition coefficient (Wildman–Crippen LogP) is 6.21. The molecule has 0 radical (unpaired) electrons. The molecule has 0 fully saturated rings. The second-order valence-corrected chi connectivity index (χ2v) is 7.46. The van der Waals surface area contributed by atoms with Gasteiger partial charge >= 0.3 is 11.9 Å². The van der Waals surface area contributed by atoms with E-state index >= 15 is 0 Å². The highest BCUT2D eigenvalue weighted by Crippen LogP contribution is 2.10. The Labute approximate surface area is 173 Å². The van der Waals surface area contributed by atoms with Gasteiger partial charge in [0.25, 0.3) is 0 Å². The van der Waals surface area contributed by atoms with Crippen LogP contribution in [0.25, 0.3) is 0 Å². The van der Waals surface area contributed by atoms with Crippen LogP contribution in [-0.4, -0.2) is 25.2 Å². The Balaban J connectivity index is 3.51.